The third-order valence-corrected chi connectivity index (χ3v) is 4.60. The summed E-state index contributed by atoms with van der Waals surface area (Å²) >= 11 is 3.49. The zero-order valence-corrected chi connectivity index (χ0v) is 14.2. The molecular weight excluding hydrogens is 346 g/mol. The summed E-state index contributed by atoms with van der Waals surface area (Å²) in [5.41, 5.74) is 5.79. The molecule has 0 saturated carbocycles. The number of halogens is 1. The first-order chi connectivity index (χ1) is 10.6. The average molecular weight is 366 g/mol. The van der Waals surface area contributed by atoms with Crippen LogP contribution in [0, 0.1) is 0 Å². The Bertz CT molecular complexity index is 625. The summed E-state index contributed by atoms with van der Waals surface area (Å²) in [4.78, 5) is 6.73. The molecule has 2 aromatic rings. The summed E-state index contributed by atoms with van der Waals surface area (Å²) in [5, 5.41) is 4.41. The zero-order chi connectivity index (χ0) is 15.5. The number of nitrogens with two attached hydrogens (primary N) is 1. The number of anilines is 1. The highest BCUT2D eigenvalue weighted by molar-refractivity contribution is 9.10. The van der Waals surface area contributed by atoms with Crippen molar-refractivity contribution < 1.29 is 4.74 Å². The normalized spacial score (nSPS) is 18.7. The maximum absolute atomic E-state index is 5.85. The van der Waals surface area contributed by atoms with Crippen LogP contribution >= 0.6 is 15.9 Å². The minimum absolute atomic E-state index is 0.242. The molecule has 3 rings (SSSR count). The van der Waals surface area contributed by atoms with Crippen LogP contribution in [0.4, 0.5) is 5.95 Å². The number of aryl methyl sites for hydroxylation is 1. The Labute approximate surface area is 138 Å². The van der Waals surface area contributed by atoms with Crippen molar-refractivity contribution in [3.63, 3.8) is 0 Å². The molecule has 2 heterocycles. The smallest absolute Gasteiger partial charge is 0.218 e. The zero-order valence-electron chi connectivity index (χ0n) is 12.6. The van der Waals surface area contributed by atoms with Gasteiger partial charge in [-0.15, -0.1) is 0 Å². The second-order valence-electron chi connectivity index (χ2n) is 5.42. The van der Waals surface area contributed by atoms with Crippen LogP contribution in [0.5, 0.6) is 5.75 Å². The highest BCUT2D eigenvalue weighted by Gasteiger charge is 2.29. The second kappa shape index (κ2) is 6.66. The van der Waals surface area contributed by atoms with Gasteiger partial charge in [-0.3, -0.25) is 4.90 Å². The molecule has 1 fully saturated rings. The van der Waals surface area contributed by atoms with Gasteiger partial charge in [0.25, 0.3) is 0 Å². The molecule has 0 bridgehead atoms. The molecule has 7 heteroatoms. The van der Waals surface area contributed by atoms with Gasteiger partial charge in [0.15, 0.2) is 5.82 Å². The Morgan fingerprint density at radius 1 is 1.41 bits per heavy atom. The van der Waals surface area contributed by atoms with Crippen LogP contribution in [0.3, 0.4) is 0 Å². The van der Waals surface area contributed by atoms with E-state index in [1.807, 2.05) is 31.3 Å². The molecule has 118 valence electrons. The molecule has 1 aromatic carbocycles. The third kappa shape index (κ3) is 3.25. The van der Waals surface area contributed by atoms with Crippen molar-refractivity contribution in [2.24, 2.45) is 7.05 Å². The molecule has 0 amide bonds. The van der Waals surface area contributed by atoms with Crippen LogP contribution in [-0.2, 0) is 7.05 Å². The lowest BCUT2D eigenvalue weighted by atomic mass is 10.2. The average Bonchev–Trinajstić information content (AvgIpc) is 3.08. The lowest BCUT2D eigenvalue weighted by Gasteiger charge is -2.22. The molecule has 1 aliphatic heterocycles. The Kier molecular flexibility index (Phi) is 4.63. The summed E-state index contributed by atoms with van der Waals surface area (Å²) in [6.07, 6.45) is 2.22. The standard InChI is InChI=1S/C15H20BrN5O/c1-20-15(17)18-14(19-20)12-6-4-8-21(12)9-10-22-13-7-3-2-5-11(13)16/h2-3,5,7,12H,4,6,8-10H2,1H3,(H2,17,18,19). The fourth-order valence-corrected chi connectivity index (χ4v) is 3.18. The molecule has 0 spiro atoms. The predicted octanol–water partition coefficient (Wildman–Crippen LogP) is 2.38. The lowest BCUT2D eigenvalue weighted by Crippen LogP contribution is -2.28. The molecule has 0 aliphatic carbocycles. The molecule has 22 heavy (non-hydrogen) atoms. The van der Waals surface area contributed by atoms with Gasteiger partial charge in [-0.05, 0) is 47.4 Å². The van der Waals surface area contributed by atoms with E-state index in [1.165, 1.54) is 0 Å². The minimum atomic E-state index is 0.242. The summed E-state index contributed by atoms with van der Waals surface area (Å²) in [7, 11) is 1.82. The first-order valence-corrected chi connectivity index (χ1v) is 8.22. The highest BCUT2D eigenvalue weighted by Crippen LogP contribution is 2.30. The van der Waals surface area contributed by atoms with Crippen molar-refractivity contribution >= 4 is 21.9 Å². The molecule has 1 atom stereocenters. The van der Waals surface area contributed by atoms with E-state index in [9.17, 15) is 0 Å². The van der Waals surface area contributed by atoms with E-state index in [2.05, 4.69) is 30.9 Å². The largest absolute Gasteiger partial charge is 0.491 e. The van der Waals surface area contributed by atoms with Crippen LogP contribution in [-0.4, -0.2) is 39.4 Å². The molecule has 2 N–H and O–H groups in total. The van der Waals surface area contributed by atoms with E-state index in [-0.39, 0.29) is 6.04 Å². The predicted molar refractivity (Wildman–Crippen MR) is 88.6 cm³/mol. The van der Waals surface area contributed by atoms with Crippen molar-refractivity contribution in [2.45, 2.75) is 18.9 Å². The number of likely N-dealkylation sites (tertiary alicyclic amines) is 1. The van der Waals surface area contributed by atoms with Crippen LogP contribution in [0.2, 0.25) is 0 Å². The van der Waals surface area contributed by atoms with Crippen LogP contribution < -0.4 is 10.5 Å². The van der Waals surface area contributed by atoms with Gasteiger partial charge in [0.05, 0.1) is 10.5 Å². The SMILES string of the molecule is Cn1nc(C2CCCN2CCOc2ccccc2Br)nc1N. The minimum Gasteiger partial charge on any atom is -0.491 e. The Hall–Kier alpha value is -1.60. The summed E-state index contributed by atoms with van der Waals surface area (Å²) in [5.74, 6) is 2.16. The summed E-state index contributed by atoms with van der Waals surface area (Å²) < 4.78 is 8.46. The maximum Gasteiger partial charge on any atom is 0.218 e. The van der Waals surface area contributed by atoms with Gasteiger partial charge < -0.3 is 10.5 Å². The number of hydrogen-bond donors (Lipinski definition) is 1. The second-order valence-corrected chi connectivity index (χ2v) is 6.28. The Morgan fingerprint density at radius 2 is 2.23 bits per heavy atom. The van der Waals surface area contributed by atoms with Crippen molar-refractivity contribution in [1.29, 1.82) is 0 Å². The van der Waals surface area contributed by atoms with Gasteiger partial charge in [-0.1, -0.05) is 12.1 Å². The maximum atomic E-state index is 5.85. The molecular formula is C15H20BrN5O. The van der Waals surface area contributed by atoms with Crippen molar-refractivity contribution in [3.8, 4) is 5.75 Å². The number of rotatable bonds is 5. The number of nitrogens with zero attached hydrogens (tertiary/aromatic N) is 4. The number of hydrogen-bond acceptors (Lipinski definition) is 5. The fourth-order valence-electron chi connectivity index (χ4n) is 2.78. The van der Waals surface area contributed by atoms with Gasteiger partial charge >= 0.3 is 0 Å². The molecule has 1 aromatic heterocycles. The van der Waals surface area contributed by atoms with Gasteiger partial charge in [-0.25, -0.2) is 4.68 Å². The van der Waals surface area contributed by atoms with Gasteiger partial charge in [0.1, 0.15) is 12.4 Å². The third-order valence-electron chi connectivity index (χ3n) is 3.95. The van der Waals surface area contributed by atoms with Crippen LogP contribution in [0.25, 0.3) is 0 Å². The number of aromatic nitrogens is 3. The fraction of sp³-hybridized carbons (Fsp3) is 0.467. The highest BCUT2D eigenvalue weighted by atomic mass is 79.9. The molecule has 1 unspecified atom stereocenters. The first kappa shape index (κ1) is 15.3. The Balaban J connectivity index is 1.59. The van der Waals surface area contributed by atoms with E-state index in [1.54, 1.807) is 4.68 Å². The molecule has 1 aliphatic rings. The van der Waals surface area contributed by atoms with E-state index in [0.717, 1.165) is 42.0 Å². The number of ether oxygens (including phenoxy) is 1. The quantitative estimate of drug-likeness (QED) is 0.880. The van der Waals surface area contributed by atoms with Gasteiger partial charge in [0, 0.05) is 13.6 Å². The van der Waals surface area contributed by atoms with Crippen molar-refractivity contribution in [3.05, 3.63) is 34.6 Å². The van der Waals surface area contributed by atoms with E-state index >= 15 is 0 Å². The summed E-state index contributed by atoms with van der Waals surface area (Å²) in [6, 6.07) is 8.14. The number of nitrogen functional groups attached to an aromatic ring is 1. The number of benzene rings is 1. The Morgan fingerprint density at radius 3 is 2.95 bits per heavy atom. The number of para-hydroxylation sites is 1. The van der Waals surface area contributed by atoms with E-state index in [0.29, 0.717) is 12.6 Å². The van der Waals surface area contributed by atoms with Crippen molar-refractivity contribution in [2.75, 3.05) is 25.4 Å². The van der Waals surface area contributed by atoms with E-state index in [4.69, 9.17) is 10.5 Å². The topological polar surface area (TPSA) is 69.2 Å². The van der Waals surface area contributed by atoms with Crippen LogP contribution in [0.15, 0.2) is 28.7 Å². The van der Waals surface area contributed by atoms with Crippen LogP contribution in [0.1, 0.15) is 24.7 Å². The molecule has 0 radical (unpaired) electrons. The van der Waals surface area contributed by atoms with Crippen molar-refractivity contribution in [1.82, 2.24) is 19.7 Å². The summed E-state index contributed by atoms with van der Waals surface area (Å²) in [6.45, 7) is 2.54. The van der Waals surface area contributed by atoms with E-state index < -0.39 is 0 Å². The van der Waals surface area contributed by atoms with Gasteiger partial charge in [0.2, 0.25) is 5.95 Å². The first-order valence-electron chi connectivity index (χ1n) is 7.43. The lowest BCUT2D eigenvalue weighted by molar-refractivity contribution is 0.192. The molecule has 6 nitrogen and oxygen atoms in total. The monoisotopic (exact) mass is 365 g/mol. The molecule has 1 saturated heterocycles. The van der Waals surface area contributed by atoms with Gasteiger partial charge in [-0.2, -0.15) is 10.1 Å².